The molecule has 4 amide bonds. The van der Waals surface area contributed by atoms with E-state index in [2.05, 4.69) is 24.5 Å². The summed E-state index contributed by atoms with van der Waals surface area (Å²) in [4.78, 5) is 38.9. The van der Waals surface area contributed by atoms with Gasteiger partial charge in [0.15, 0.2) is 0 Å². The average molecular weight is 371 g/mol. The number of rotatable bonds is 6. The summed E-state index contributed by atoms with van der Waals surface area (Å²) >= 11 is 0. The highest BCUT2D eigenvalue weighted by Crippen LogP contribution is 2.33. The zero-order valence-electron chi connectivity index (χ0n) is 16.2. The lowest BCUT2D eigenvalue weighted by Gasteiger charge is -2.30. The van der Waals surface area contributed by atoms with Gasteiger partial charge in [0.05, 0.1) is 6.04 Å². The van der Waals surface area contributed by atoms with E-state index < -0.39 is 11.6 Å². The van der Waals surface area contributed by atoms with Crippen molar-refractivity contribution >= 4 is 17.8 Å². The lowest BCUT2D eigenvalue weighted by Crippen LogP contribution is -2.49. The first-order valence-corrected chi connectivity index (χ1v) is 9.90. The van der Waals surface area contributed by atoms with Crippen LogP contribution in [-0.2, 0) is 9.59 Å². The molecule has 146 valence electrons. The molecule has 6 heteroatoms. The van der Waals surface area contributed by atoms with Gasteiger partial charge in [0, 0.05) is 0 Å². The number of nitrogens with one attached hydrogen (secondary N) is 2. The molecule has 0 bridgehead atoms. The van der Waals surface area contributed by atoms with Gasteiger partial charge in [-0.1, -0.05) is 63.4 Å². The molecule has 3 rings (SSSR count). The summed E-state index contributed by atoms with van der Waals surface area (Å²) in [6.45, 7) is 3.98. The van der Waals surface area contributed by atoms with Crippen LogP contribution < -0.4 is 10.6 Å². The van der Waals surface area contributed by atoms with Gasteiger partial charge in [-0.25, -0.2) is 4.79 Å². The van der Waals surface area contributed by atoms with Crippen LogP contribution in [0.2, 0.25) is 0 Å². The van der Waals surface area contributed by atoms with Gasteiger partial charge in [0.2, 0.25) is 5.91 Å². The molecule has 2 N–H and O–H groups in total. The van der Waals surface area contributed by atoms with Gasteiger partial charge in [-0.05, 0) is 30.7 Å². The molecular formula is C21H29N3O3. The van der Waals surface area contributed by atoms with E-state index >= 15 is 0 Å². The van der Waals surface area contributed by atoms with Crippen LogP contribution in [0.5, 0.6) is 0 Å². The predicted octanol–water partition coefficient (Wildman–Crippen LogP) is 3.14. The Morgan fingerprint density at radius 3 is 2.44 bits per heavy atom. The van der Waals surface area contributed by atoms with Crippen molar-refractivity contribution in [3.63, 3.8) is 0 Å². The zero-order valence-corrected chi connectivity index (χ0v) is 16.2. The first-order chi connectivity index (χ1) is 12.9. The van der Waals surface area contributed by atoms with E-state index in [1.54, 1.807) is 0 Å². The van der Waals surface area contributed by atoms with Crippen molar-refractivity contribution in [1.82, 2.24) is 15.5 Å². The monoisotopic (exact) mass is 371 g/mol. The molecule has 1 atom stereocenters. The number of amides is 4. The molecular weight excluding hydrogens is 342 g/mol. The van der Waals surface area contributed by atoms with E-state index in [4.69, 9.17) is 0 Å². The maximum absolute atomic E-state index is 12.8. The Balaban J connectivity index is 1.67. The van der Waals surface area contributed by atoms with E-state index in [0.29, 0.717) is 18.8 Å². The minimum absolute atomic E-state index is 0.136. The van der Waals surface area contributed by atoms with Gasteiger partial charge < -0.3 is 10.6 Å². The smallest absolute Gasteiger partial charge is 0.325 e. The molecule has 1 aliphatic heterocycles. The molecule has 27 heavy (non-hydrogen) atoms. The normalized spacial score (nSPS) is 20.0. The largest absolute Gasteiger partial charge is 0.348 e. The third-order valence-corrected chi connectivity index (χ3v) is 5.50. The van der Waals surface area contributed by atoms with Gasteiger partial charge in [0.1, 0.15) is 12.1 Å². The number of hydrogen-bond donors (Lipinski definition) is 2. The standard InChI is InChI=1S/C21H29N3O3/c1-15(2)13-17(16-9-5-3-6-10-16)22-18(25)14-24-19(26)21(23-20(24)27)11-7-4-8-12-21/h3,5-6,9-10,15,17H,4,7-8,11-14H2,1-2H3,(H,22,25)(H,23,27)/t17-/m0/s1. The molecule has 1 aromatic rings. The number of nitrogens with zero attached hydrogens (tertiary/aromatic N) is 1. The van der Waals surface area contributed by atoms with Crippen LogP contribution >= 0.6 is 0 Å². The average Bonchev–Trinajstić information content (AvgIpc) is 2.86. The molecule has 0 unspecified atom stereocenters. The summed E-state index contributed by atoms with van der Waals surface area (Å²) in [5.74, 6) is -0.152. The van der Waals surface area contributed by atoms with Crippen LogP contribution in [0.1, 0.15) is 64.0 Å². The van der Waals surface area contributed by atoms with Crippen molar-refractivity contribution in [1.29, 1.82) is 0 Å². The third-order valence-electron chi connectivity index (χ3n) is 5.50. The molecule has 6 nitrogen and oxygen atoms in total. The molecule has 0 radical (unpaired) electrons. The second-order valence-electron chi connectivity index (χ2n) is 8.12. The van der Waals surface area contributed by atoms with Gasteiger partial charge in [-0.2, -0.15) is 0 Å². The Hall–Kier alpha value is -2.37. The van der Waals surface area contributed by atoms with E-state index in [1.165, 1.54) is 0 Å². The fourth-order valence-corrected chi connectivity index (χ4v) is 4.13. The summed E-state index contributed by atoms with van der Waals surface area (Å²) in [5.41, 5.74) is 0.243. The SMILES string of the molecule is CC(C)C[C@H](NC(=O)CN1C(=O)NC2(CCCCC2)C1=O)c1ccccc1. The summed E-state index contributed by atoms with van der Waals surface area (Å²) < 4.78 is 0. The van der Waals surface area contributed by atoms with Crippen LogP contribution in [0.15, 0.2) is 30.3 Å². The fourth-order valence-electron chi connectivity index (χ4n) is 4.13. The van der Waals surface area contributed by atoms with Crippen LogP contribution in [0.25, 0.3) is 0 Å². The molecule has 1 aromatic carbocycles. The maximum Gasteiger partial charge on any atom is 0.325 e. The Bertz CT molecular complexity index is 696. The molecule has 0 aromatic heterocycles. The topological polar surface area (TPSA) is 78.5 Å². The van der Waals surface area contributed by atoms with Crippen molar-refractivity contribution in [2.24, 2.45) is 5.92 Å². The predicted molar refractivity (Wildman–Crippen MR) is 103 cm³/mol. The zero-order chi connectivity index (χ0) is 19.4. The minimum atomic E-state index is -0.785. The maximum atomic E-state index is 12.8. The highest BCUT2D eigenvalue weighted by Gasteiger charge is 2.51. The van der Waals surface area contributed by atoms with Crippen molar-refractivity contribution in [3.05, 3.63) is 35.9 Å². The molecule has 1 heterocycles. The molecule has 2 aliphatic rings. The Morgan fingerprint density at radius 2 is 1.81 bits per heavy atom. The molecule has 1 aliphatic carbocycles. The first kappa shape index (κ1) is 19.4. The summed E-state index contributed by atoms with van der Waals surface area (Å²) in [6.07, 6.45) is 5.05. The van der Waals surface area contributed by atoms with E-state index in [0.717, 1.165) is 36.1 Å². The summed E-state index contributed by atoms with van der Waals surface area (Å²) in [7, 11) is 0. The van der Waals surface area contributed by atoms with Gasteiger partial charge in [-0.15, -0.1) is 0 Å². The van der Waals surface area contributed by atoms with E-state index in [-0.39, 0.29) is 24.4 Å². The lowest BCUT2D eigenvalue weighted by molar-refractivity contribution is -0.136. The fraction of sp³-hybridized carbons (Fsp3) is 0.571. The number of benzene rings is 1. The first-order valence-electron chi connectivity index (χ1n) is 9.90. The quantitative estimate of drug-likeness (QED) is 0.754. The number of imide groups is 1. The molecule has 1 spiro atoms. The van der Waals surface area contributed by atoms with Crippen molar-refractivity contribution < 1.29 is 14.4 Å². The number of carbonyl (C=O) groups excluding carboxylic acids is 3. The van der Waals surface area contributed by atoms with Gasteiger partial charge >= 0.3 is 6.03 Å². The number of urea groups is 1. The minimum Gasteiger partial charge on any atom is -0.348 e. The molecule has 2 fully saturated rings. The summed E-state index contributed by atoms with van der Waals surface area (Å²) in [5, 5.41) is 5.86. The van der Waals surface area contributed by atoms with Crippen molar-refractivity contribution in [3.8, 4) is 0 Å². The Labute approximate surface area is 160 Å². The molecule has 1 saturated heterocycles. The van der Waals surface area contributed by atoms with Crippen molar-refractivity contribution in [2.75, 3.05) is 6.54 Å². The van der Waals surface area contributed by atoms with Crippen LogP contribution in [0.4, 0.5) is 4.79 Å². The second kappa shape index (κ2) is 8.11. The van der Waals surface area contributed by atoms with Crippen LogP contribution in [0, 0.1) is 5.92 Å². The Kier molecular flexibility index (Phi) is 5.82. The summed E-state index contributed by atoms with van der Waals surface area (Å²) in [6, 6.07) is 9.21. The Morgan fingerprint density at radius 1 is 1.15 bits per heavy atom. The molecule has 1 saturated carbocycles. The highest BCUT2D eigenvalue weighted by atomic mass is 16.2. The highest BCUT2D eigenvalue weighted by molar-refractivity contribution is 6.09. The van der Waals surface area contributed by atoms with E-state index in [1.807, 2.05) is 30.3 Å². The van der Waals surface area contributed by atoms with Crippen LogP contribution in [-0.4, -0.2) is 34.8 Å². The van der Waals surface area contributed by atoms with Gasteiger partial charge in [0.25, 0.3) is 5.91 Å². The second-order valence-corrected chi connectivity index (χ2v) is 8.12. The third kappa shape index (κ3) is 4.31. The van der Waals surface area contributed by atoms with E-state index in [9.17, 15) is 14.4 Å². The lowest BCUT2D eigenvalue weighted by atomic mass is 9.82. The van der Waals surface area contributed by atoms with Gasteiger partial charge in [-0.3, -0.25) is 14.5 Å². The van der Waals surface area contributed by atoms with Crippen molar-refractivity contribution in [2.45, 2.75) is 64.0 Å². The number of hydrogen-bond acceptors (Lipinski definition) is 3. The van der Waals surface area contributed by atoms with Crippen LogP contribution in [0.3, 0.4) is 0 Å². The number of carbonyl (C=O) groups is 3.